The van der Waals surface area contributed by atoms with Crippen molar-refractivity contribution in [3.63, 3.8) is 0 Å². The standard InChI is InChI=1S/C13H12N2/c1-8-9(2)12-5-4-11(7-14)6-13(12)15-10(8)3/h4-6H,1-3H3. The Kier molecular flexibility index (Phi) is 2.17. The monoisotopic (exact) mass is 196 g/mol. The summed E-state index contributed by atoms with van der Waals surface area (Å²) in [5.74, 6) is 0. The fourth-order valence-corrected chi connectivity index (χ4v) is 1.75. The molecular weight excluding hydrogens is 184 g/mol. The molecule has 15 heavy (non-hydrogen) atoms. The van der Waals surface area contributed by atoms with Crippen LogP contribution in [-0.2, 0) is 0 Å². The highest BCUT2D eigenvalue weighted by Crippen LogP contribution is 2.22. The molecule has 0 aliphatic rings. The fourth-order valence-electron chi connectivity index (χ4n) is 1.75. The van der Waals surface area contributed by atoms with Crippen LogP contribution < -0.4 is 0 Å². The molecule has 0 saturated heterocycles. The number of hydrogen-bond acceptors (Lipinski definition) is 2. The number of pyridine rings is 1. The number of nitriles is 1. The normalized spacial score (nSPS) is 10.3. The minimum atomic E-state index is 0.664. The summed E-state index contributed by atoms with van der Waals surface area (Å²) in [6.07, 6.45) is 0. The smallest absolute Gasteiger partial charge is 0.0992 e. The van der Waals surface area contributed by atoms with E-state index >= 15 is 0 Å². The van der Waals surface area contributed by atoms with Crippen molar-refractivity contribution in [3.8, 4) is 6.07 Å². The quantitative estimate of drug-likeness (QED) is 0.649. The second kappa shape index (κ2) is 3.36. The Morgan fingerprint density at radius 2 is 1.87 bits per heavy atom. The zero-order valence-electron chi connectivity index (χ0n) is 9.13. The van der Waals surface area contributed by atoms with Crippen molar-refractivity contribution in [1.29, 1.82) is 5.26 Å². The van der Waals surface area contributed by atoms with Crippen LogP contribution in [0.3, 0.4) is 0 Å². The molecule has 2 heteroatoms. The van der Waals surface area contributed by atoms with Gasteiger partial charge >= 0.3 is 0 Å². The van der Waals surface area contributed by atoms with Gasteiger partial charge in [-0.05, 0) is 44.0 Å². The molecule has 0 saturated carbocycles. The van der Waals surface area contributed by atoms with Gasteiger partial charge in [-0.1, -0.05) is 6.07 Å². The summed E-state index contributed by atoms with van der Waals surface area (Å²) in [4.78, 5) is 4.49. The lowest BCUT2D eigenvalue weighted by Gasteiger charge is -2.08. The number of benzene rings is 1. The first-order chi connectivity index (χ1) is 7.13. The summed E-state index contributed by atoms with van der Waals surface area (Å²) in [5.41, 5.74) is 5.09. The van der Waals surface area contributed by atoms with E-state index in [0.29, 0.717) is 5.56 Å². The molecule has 0 fully saturated rings. The SMILES string of the molecule is Cc1nc2cc(C#N)ccc2c(C)c1C. The average molecular weight is 196 g/mol. The molecule has 0 aliphatic carbocycles. The summed E-state index contributed by atoms with van der Waals surface area (Å²) in [7, 11) is 0. The minimum Gasteiger partial charge on any atom is -0.253 e. The Bertz CT molecular complexity index is 577. The summed E-state index contributed by atoms with van der Waals surface area (Å²) in [5, 5.41) is 9.95. The molecule has 0 unspecified atom stereocenters. The van der Waals surface area contributed by atoms with Crippen molar-refractivity contribution >= 4 is 10.9 Å². The number of aryl methyl sites for hydroxylation is 2. The highest BCUT2D eigenvalue weighted by molar-refractivity contribution is 5.84. The Labute approximate surface area is 89.2 Å². The van der Waals surface area contributed by atoms with Crippen LogP contribution in [0.2, 0.25) is 0 Å². The second-order valence-corrected chi connectivity index (χ2v) is 3.79. The molecule has 0 amide bonds. The van der Waals surface area contributed by atoms with Crippen molar-refractivity contribution in [1.82, 2.24) is 4.98 Å². The molecule has 0 spiro atoms. The largest absolute Gasteiger partial charge is 0.253 e. The maximum absolute atomic E-state index is 8.81. The third kappa shape index (κ3) is 1.46. The zero-order valence-corrected chi connectivity index (χ0v) is 9.13. The molecular formula is C13H12N2. The lowest BCUT2D eigenvalue weighted by molar-refractivity contribution is 1.17. The van der Waals surface area contributed by atoms with Crippen LogP contribution in [0.25, 0.3) is 10.9 Å². The van der Waals surface area contributed by atoms with E-state index in [9.17, 15) is 0 Å². The Morgan fingerprint density at radius 1 is 1.13 bits per heavy atom. The van der Waals surface area contributed by atoms with E-state index in [0.717, 1.165) is 16.6 Å². The van der Waals surface area contributed by atoms with Gasteiger partial charge in [0.2, 0.25) is 0 Å². The molecule has 74 valence electrons. The van der Waals surface area contributed by atoms with E-state index in [1.165, 1.54) is 11.1 Å². The van der Waals surface area contributed by atoms with Gasteiger partial charge in [0, 0.05) is 11.1 Å². The van der Waals surface area contributed by atoms with E-state index in [1.54, 1.807) is 0 Å². The van der Waals surface area contributed by atoms with Crippen LogP contribution in [0.4, 0.5) is 0 Å². The van der Waals surface area contributed by atoms with Gasteiger partial charge in [0.1, 0.15) is 0 Å². The molecule has 2 rings (SSSR count). The van der Waals surface area contributed by atoms with Crippen LogP contribution in [0.1, 0.15) is 22.4 Å². The Balaban J connectivity index is 2.87. The molecule has 0 aliphatic heterocycles. The van der Waals surface area contributed by atoms with Gasteiger partial charge in [0.05, 0.1) is 17.1 Å². The predicted molar refractivity (Wildman–Crippen MR) is 60.7 cm³/mol. The Morgan fingerprint density at radius 3 is 2.53 bits per heavy atom. The first-order valence-corrected chi connectivity index (χ1v) is 4.91. The Hall–Kier alpha value is -1.88. The molecule has 1 aromatic carbocycles. The molecule has 0 N–H and O–H groups in total. The van der Waals surface area contributed by atoms with Gasteiger partial charge in [0.25, 0.3) is 0 Å². The maximum atomic E-state index is 8.81. The molecule has 0 radical (unpaired) electrons. The van der Waals surface area contributed by atoms with Gasteiger partial charge in [-0.2, -0.15) is 5.26 Å². The average Bonchev–Trinajstić information content (AvgIpc) is 2.25. The van der Waals surface area contributed by atoms with Gasteiger partial charge in [-0.25, -0.2) is 0 Å². The highest BCUT2D eigenvalue weighted by Gasteiger charge is 2.05. The van der Waals surface area contributed by atoms with E-state index in [1.807, 2.05) is 25.1 Å². The number of hydrogen-bond donors (Lipinski definition) is 0. The predicted octanol–water partition coefficient (Wildman–Crippen LogP) is 3.03. The van der Waals surface area contributed by atoms with Crippen molar-refractivity contribution in [3.05, 3.63) is 40.6 Å². The molecule has 1 aromatic heterocycles. The van der Waals surface area contributed by atoms with Crippen LogP contribution in [0.5, 0.6) is 0 Å². The number of fused-ring (bicyclic) bond motifs is 1. The van der Waals surface area contributed by atoms with Crippen molar-refractivity contribution in [2.75, 3.05) is 0 Å². The molecule has 0 atom stereocenters. The van der Waals surface area contributed by atoms with E-state index < -0.39 is 0 Å². The van der Waals surface area contributed by atoms with Gasteiger partial charge in [-0.15, -0.1) is 0 Å². The van der Waals surface area contributed by atoms with Crippen LogP contribution in [0.15, 0.2) is 18.2 Å². The number of rotatable bonds is 0. The molecule has 0 bridgehead atoms. The van der Waals surface area contributed by atoms with Crippen molar-refractivity contribution < 1.29 is 0 Å². The van der Waals surface area contributed by atoms with E-state index in [4.69, 9.17) is 5.26 Å². The lowest BCUT2D eigenvalue weighted by atomic mass is 10.0. The molecule has 2 nitrogen and oxygen atoms in total. The number of nitrogens with zero attached hydrogens (tertiary/aromatic N) is 2. The van der Waals surface area contributed by atoms with Gasteiger partial charge in [0.15, 0.2) is 0 Å². The van der Waals surface area contributed by atoms with Crippen LogP contribution in [-0.4, -0.2) is 4.98 Å². The third-order valence-electron chi connectivity index (χ3n) is 2.92. The second-order valence-electron chi connectivity index (χ2n) is 3.79. The molecule has 1 heterocycles. The summed E-state index contributed by atoms with van der Waals surface area (Å²) < 4.78 is 0. The maximum Gasteiger partial charge on any atom is 0.0992 e. The first kappa shape index (κ1) is 9.67. The minimum absolute atomic E-state index is 0.664. The van der Waals surface area contributed by atoms with Gasteiger partial charge in [-0.3, -0.25) is 4.98 Å². The van der Waals surface area contributed by atoms with E-state index in [2.05, 4.69) is 24.9 Å². The zero-order chi connectivity index (χ0) is 11.0. The summed E-state index contributed by atoms with van der Waals surface area (Å²) in [6, 6.07) is 7.79. The number of aromatic nitrogens is 1. The van der Waals surface area contributed by atoms with Crippen LogP contribution in [0, 0.1) is 32.1 Å². The van der Waals surface area contributed by atoms with Crippen molar-refractivity contribution in [2.24, 2.45) is 0 Å². The van der Waals surface area contributed by atoms with Gasteiger partial charge < -0.3 is 0 Å². The van der Waals surface area contributed by atoms with Crippen molar-refractivity contribution in [2.45, 2.75) is 20.8 Å². The lowest BCUT2D eigenvalue weighted by Crippen LogP contribution is -1.93. The fraction of sp³-hybridized carbons (Fsp3) is 0.231. The summed E-state index contributed by atoms with van der Waals surface area (Å²) >= 11 is 0. The first-order valence-electron chi connectivity index (χ1n) is 4.91. The van der Waals surface area contributed by atoms with Crippen LogP contribution >= 0.6 is 0 Å². The summed E-state index contributed by atoms with van der Waals surface area (Å²) in [6.45, 7) is 6.18. The van der Waals surface area contributed by atoms with E-state index in [-0.39, 0.29) is 0 Å². The molecule has 2 aromatic rings. The highest BCUT2D eigenvalue weighted by atomic mass is 14.7. The topological polar surface area (TPSA) is 36.7 Å². The third-order valence-corrected chi connectivity index (χ3v) is 2.92.